The molecule has 6 nitrogen and oxygen atoms in total. The fourth-order valence-electron chi connectivity index (χ4n) is 3.35. The number of hydrogen-bond donors (Lipinski definition) is 2. The molecule has 1 aliphatic carbocycles. The summed E-state index contributed by atoms with van der Waals surface area (Å²) in [4.78, 5) is 30.4. The summed E-state index contributed by atoms with van der Waals surface area (Å²) in [6.45, 7) is 2.72. The number of thiophene rings is 1. The van der Waals surface area contributed by atoms with Gasteiger partial charge in [0.05, 0.1) is 17.9 Å². The highest BCUT2D eigenvalue weighted by Crippen LogP contribution is 2.35. The van der Waals surface area contributed by atoms with Gasteiger partial charge < -0.3 is 15.8 Å². The first-order valence-electron chi connectivity index (χ1n) is 9.25. The second-order valence-corrected chi connectivity index (χ2v) is 7.88. The number of carbonyl (C=O) groups excluding carboxylic acids is 2. The number of hydrogen-bond acceptors (Lipinski definition) is 6. The van der Waals surface area contributed by atoms with Crippen LogP contribution in [0.3, 0.4) is 0 Å². The Bertz CT molecular complexity index is 1070. The number of nitrogen functional groups attached to an aromatic ring is 1. The molecule has 3 aromatic rings. The molecule has 2 aromatic heterocycles. The molecule has 0 fully saturated rings. The van der Waals surface area contributed by atoms with Crippen molar-refractivity contribution in [3.05, 3.63) is 52.0 Å². The minimum absolute atomic E-state index is 0.0977. The molecular weight excluding hydrogens is 374 g/mol. The molecule has 3 N–H and O–H groups in total. The van der Waals surface area contributed by atoms with Gasteiger partial charge in [-0.3, -0.25) is 9.59 Å². The molecule has 7 heteroatoms. The third-order valence-corrected chi connectivity index (χ3v) is 5.88. The van der Waals surface area contributed by atoms with Crippen molar-refractivity contribution in [3.63, 3.8) is 0 Å². The fourth-order valence-corrected chi connectivity index (χ4v) is 4.36. The van der Waals surface area contributed by atoms with Crippen LogP contribution in [0.15, 0.2) is 30.3 Å². The van der Waals surface area contributed by atoms with Crippen molar-refractivity contribution in [1.29, 1.82) is 0 Å². The minimum atomic E-state index is -0.252. The maximum atomic E-state index is 12.6. The van der Waals surface area contributed by atoms with Crippen molar-refractivity contribution in [3.8, 4) is 5.75 Å². The largest absolute Gasteiger partial charge is 0.492 e. The van der Waals surface area contributed by atoms with Crippen LogP contribution in [-0.2, 0) is 6.42 Å². The minimum Gasteiger partial charge on any atom is -0.492 e. The van der Waals surface area contributed by atoms with Crippen LogP contribution in [0.5, 0.6) is 5.75 Å². The van der Waals surface area contributed by atoms with Crippen molar-refractivity contribution < 1.29 is 14.3 Å². The van der Waals surface area contributed by atoms with E-state index in [1.165, 1.54) is 11.3 Å². The molecule has 0 unspecified atom stereocenters. The number of ether oxygens (including phenoxy) is 1. The average Bonchev–Trinajstić information content (AvgIpc) is 3.00. The van der Waals surface area contributed by atoms with Gasteiger partial charge in [0.15, 0.2) is 5.78 Å². The summed E-state index contributed by atoms with van der Waals surface area (Å²) in [5.41, 5.74) is 9.15. The summed E-state index contributed by atoms with van der Waals surface area (Å²) >= 11 is 1.26. The number of carbonyl (C=O) groups is 2. The molecule has 1 aliphatic rings. The monoisotopic (exact) mass is 395 g/mol. The number of ketones is 1. The number of rotatable bonds is 5. The lowest BCUT2D eigenvalue weighted by atomic mass is 9.94. The molecule has 144 valence electrons. The SMILES string of the molecule is Cc1cccc(OCCNC(=O)c2sc3nc4c(cc3c2N)C(=O)CCC4)c1. The van der Waals surface area contributed by atoms with Crippen molar-refractivity contribution in [2.75, 3.05) is 18.9 Å². The zero-order valence-electron chi connectivity index (χ0n) is 15.6. The van der Waals surface area contributed by atoms with E-state index in [1.54, 1.807) is 6.07 Å². The number of benzene rings is 1. The number of pyridine rings is 1. The van der Waals surface area contributed by atoms with Crippen LogP contribution in [-0.4, -0.2) is 29.8 Å². The summed E-state index contributed by atoms with van der Waals surface area (Å²) in [7, 11) is 0. The Kier molecular flexibility index (Phi) is 5.00. The Balaban J connectivity index is 1.45. The molecule has 0 bridgehead atoms. The Hall–Kier alpha value is -2.93. The van der Waals surface area contributed by atoms with Crippen LogP contribution >= 0.6 is 11.3 Å². The fraction of sp³-hybridized carbons (Fsp3) is 0.286. The Morgan fingerprint density at radius 1 is 1.32 bits per heavy atom. The van der Waals surface area contributed by atoms with E-state index < -0.39 is 0 Å². The molecule has 0 radical (unpaired) electrons. The van der Waals surface area contributed by atoms with Gasteiger partial charge >= 0.3 is 0 Å². The highest BCUT2D eigenvalue weighted by atomic mass is 32.1. The third kappa shape index (κ3) is 3.57. The van der Waals surface area contributed by atoms with Crippen LogP contribution in [0.25, 0.3) is 10.2 Å². The van der Waals surface area contributed by atoms with E-state index >= 15 is 0 Å². The summed E-state index contributed by atoms with van der Waals surface area (Å²) < 4.78 is 5.65. The number of aryl methyl sites for hydroxylation is 2. The normalized spacial score (nSPS) is 13.4. The lowest BCUT2D eigenvalue weighted by Crippen LogP contribution is -2.27. The summed E-state index contributed by atoms with van der Waals surface area (Å²) in [6.07, 6.45) is 2.14. The van der Waals surface area contributed by atoms with Gasteiger partial charge in [-0.15, -0.1) is 11.3 Å². The first-order valence-corrected chi connectivity index (χ1v) is 10.1. The molecule has 0 saturated heterocycles. The van der Waals surface area contributed by atoms with Gasteiger partial charge in [0.2, 0.25) is 0 Å². The number of aromatic nitrogens is 1. The number of amides is 1. The van der Waals surface area contributed by atoms with Gasteiger partial charge in [-0.2, -0.15) is 0 Å². The van der Waals surface area contributed by atoms with Crippen LogP contribution in [0.2, 0.25) is 0 Å². The predicted octanol–water partition coefficient (Wildman–Crippen LogP) is 3.51. The molecule has 2 heterocycles. The number of nitrogens with two attached hydrogens (primary N) is 1. The molecule has 0 aliphatic heterocycles. The highest BCUT2D eigenvalue weighted by molar-refractivity contribution is 7.21. The highest BCUT2D eigenvalue weighted by Gasteiger charge is 2.23. The first kappa shape index (κ1) is 18.4. The number of Topliss-reactive ketones (excluding diaryl/α,β-unsaturated/α-hetero) is 1. The molecule has 0 atom stereocenters. The van der Waals surface area contributed by atoms with Gasteiger partial charge in [0.25, 0.3) is 5.91 Å². The van der Waals surface area contributed by atoms with Gasteiger partial charge in [-0.1, -0.05) is 12.1 Å². The van der Waals surface area contributed by atoms with Crippen LogP contribution in [0.1, 0.15) is 44.1 Å². The Morgan fingerprint density at radius 3 is 3.00 bits per heavy atom. The summed E-state index contributed by atoms with van der Waals surface area (Å²) in [6, 6.07) is 9.55. The van der Waals surface area contributed by atoms with Crippen molar-refractivity contribution in [2.45, 2.75) is 26.2 Å². The predicted molar refractivity (Wildman–Crippen MR) is 110 cm³/mol. The quantitative estimate of drug-likeness (QED) is 0.645. The number of fused-ring (bicyclic) bond motifs is 2. The number of anilines is 1. The number of nitrogens with zero attached hydrogens (tertiary/aromatic N) is 1. The average molecular weight is 395 g/mol. The second kappa shape index (κ2) is 7.59. The lowest BCUT2D eigenvalue weighted by Gasteiger charge is -2.13. The van der Waals surface area contributed by atoms with E-state index in [1.807, 2.05) is 31.2 Å². The lowest BCUT2D eigenvalue weighted by molar-refractivity contribution is 0.0949. The number of nitrogens with one attached hydrogen (secondary N) is 1. The maximum absolute atomic E-state index is 12.6. The van der Waals surface area contributed by atoms with Crippen molar-refractivity contribution >= 4 is 38.9 Å². The third-order valence-electron chi connectivity index (χ3n) is 4.77. The summed E-state index contributed by atoms with van der Waals surface area (Å²) in [5.74, 6) is 0.619. The smallest absolute Gasteiger partial charge is 0.263 e. The summed E-state index contributed by atoms with van der Waals surface area (Å²) in [5, 5.41) is 3.52. The molecule has 0 spiro atoms. The van der Waals surface area contributed by atoms with E-state index in [2.05, 4.69) is 10.3 Å². The van der Waals surface area contributed by atoms with E-state index in [4.69, 9.17) is 10.5 Å². The molecule has 0 saturated carbocycles. The molecule has 1 aromatic carbocycles. The first-order chi connectivity index (χ1) is 13.5. The van der Waals surface area contributed by atoms with E-state index in [0.29, 0.717) is 45.9 Å². The van der Waals surface area contributed by atoms with E-state index in [0.717, 1.165) is 29.8 Å². The molecule has 4 rings (SSSR count). The van der Waals surface area contributed by atoms with Crippen molar-refractivity contribution in [1.82, 2.24) is 10.3 Å². The van der Waals surface area contributed by atoms with Crippen LogP contribution in [0, 0.1) is 6.92 Å². The van der Waals surface area contributed by atoms with Gasteiger partial charge in [-0.25, -0.2) is 4.98 Å². The zero-order valence-corrected chi connectivity index (χ0v) is 16.4. The van der Waals surface area contributed by atoms with E-state index in [-0.39, 0.29) is 11.7 Å². The van der Waals surface area contributed by atoms with Gasteiger partial charge in [0, 0.05) is 17.4 Å². The van der Waals surface area contributed by atoms with Gasteiger partial charge in [0.1, 0.15) is 22.1 Å². The molecule has 28 heavy (non-hydrogen) atoms. The molecule has 1 amide bonds. The van der Waals surface area contributed by atoms with Gasteiger partial charge in [-0.05, 0) is 43.5 Å². The molecular formula is C21H21N3O3S. The van der Waals surface area contributed by atoms with Crippen LogP contribution < -0.4 is 15.8 Å². The zero-order chi connectivity index (χ0) is 19.7. The van der Waals surface area contributed by atoms with Crippen molar-refractivity contribution in [2.24, 2.45) is 0 Å². The maximum Gasteiger partial charge on any atom is 0.263 e. The topological polar surface area (TPSA) is 94.3 Å². The Labute approximate surface area is 166 Å². The van der Waals surface area contributed by atoms with E-state index in [9.17, 15) is 9.59 Å². The second-order valence-electron chi connectivity index (χ2n) is 6.88. The van der Waals surface area contributed by atoms with Crippen LogP contribution in [0.4, 0.5) is 5.69 Å². The standard InChI is InChI=1S/C21H21N3O3S/c1-12-4-2-5-13(10-12)27-9-8-23-20(26)19-18(22)15-11-14-16(24-21(15)28-19)6-3-7-17(14)25/h2,4-5,10-11H,3,6-9,22H2,1H3,(H,23,26). The Morgan fingerprint density at radius 2 is 2.18 bits per heavy atom.